The van der Waals surface area contributed by atoms with Gasteiger partial charge in [-0.2, -0.15) is 0 Å². The highest BCUT2D eigenvalue weighted by Gasteiger charge is 2.29. The second-order valence-electron chi connectivity index (χ2n) is 4.27. The summed E-state index contributed by atoms with van der Waals surface area (Å²) in [4.78, 5) is 14.5. The van der Waals surface area contributed by atoms with Crippen LogP contribution < -0.4 is 4.89 Å². The first-order valence-corrected chi connectivity index (χ1v) is 7.67. The molecule has 0 aliphatic heterocycles. The molecule has 1 unspecified atom stereocenters. The van der Waals surface area contributed by atoms with Crippen LogP contribution in [0.2, 0.25) is 0 Å². The Balaban J connectivity index is 2.92. The molecule has 0 aromatic rings. The van der Waals surface area contributed by atoms with Crippen molar-refractivity contribution in [1.29, 1.82) is 0 Å². The van der Waals surface area contributed by atoms with E-state index in [0.717, 1.165) is 0 Å². The summed E-state index contributed by atoms with van der Waals surface area (Å²) in [6.07, 6.45) is 2.99. The molecule has 0 aromatic heterocycles. The number of likely N-dealkylation sites (N-methyl/N-ethyl adjacent to an activating group) is 1. The number of hydrogen-bond acceptors (Lipinski definition) is 5. The minimum Gasteiger partial charge on any atom is -0.383 e. The van der Waals surface area contributed by atoms with Crippen LogP contribution in [0.4, 0.5) is 0 Å². The number of allylic oxidation sites excluding steroid dienone is 2. The fraction of sp³-hybridized carbons (Fsp3) is 0.545. The number of sulfonamides is 1. The minimum absolute atomic E-state index is 0.0184. The Kier molecular flexibility index (Phi) is 6.15. The van der Waals surface area contributed by atoms with Gasteiger partial charge in [-0.05, 0) is 6.42 Å². The molecule has 0 aromatic carbocycles. The van der Waals surface area contributed by atoms with Crippen molar-refractivity contribution in [2.24, 2.45) is 5.92 Å². The van der Waals surface area contributed by atoms with Gasteiger partial charge in [-0.15, -0.1) is 0 Å². The fourth-order valence-electron chi connectivity index (χ4n) is 1.72. The van der Waals surface area contributed by atoms with Crippen molar-refractivity contribution in [2.45, 2.75) is 6.42 Å². The van der Waals surface area contributed by atoms with Gasteiger partial charge in [0.2, 0.25) is 5.91 Å². The summed E-state index contributed by atoms with van der Waals surface area (Å²) in [7, 11) is -0.977. The van der Waals surface area contributed by atoms with E-state index in [0.29, 0.717) is 19.6 Å². The summed E-state index contributed by atoms with van der Waals surface area (Å²) < 4.78 is 28.0. The molecule has 114 valence electrons. The number of amides is 1. The molecule has 2 N–H and O–H groups in total. The Hall–Kier alpha value is -0.930. The van der Waals surface area contributed by atoms with Gasteiger partial charge in [0.1, 0.15) is 0 Å². The maximum atomic E-state index is 12.1. The molecule has 1 atom stereocenters. The van der Waals surface area contributed by atoms with Crippen molar-refractivity contribution in [3.05, 3.63) is 22.1 Å². The van der Waals surface area contributed by atoms with Crippen molar-refractivity contribution < 1.29 is 23.2 Å². The zero-order valence-electron chi connectivity index (χ0n) is 11.2. The number of carbonyl (C=O) groups is 1. The van der Waals surface area contributed by atoms with Crippen LogP contribution in [0.3, 0.4) is 0 Å². The number of halogens is 1. The van der Waals surface area contributed by atoms with E-state index in [1.165, 1.54) is 29.0 Å². The molecule has 1 amide bonds. The molecule has 0 bridgehead atoms. The van der Waals surface area contributed by atoms with E-state index < -0.39 is 15.9 Å². The van der Waals surface area contributed by atoms with E-state index in [4.69, 9.17) is 21.5 Å². The third-order valence-corrected chi connectivity index (χ3v) is 4.52. The largest absolute Gasteiger partial charge is 0.383 e. The predicted molar refractivity (Wildman–Crippen MR) is 73.5 cm³/mol. The molecule has 1 aliphatic carbocycles. The molecule has 1 rings (SSSR count). The zero-order valence-corrected chi connectivity index (χ0v) is 12.7. The first-order valence-electron chi connectivity index (χ1n) is 5.81. The lowest BCUT2D eigenvalue weighted by Crippen LogP contribution is -2.35. The highest BCUT2D eigenvalue weighted by Crippen LogP contribution is 2.29. The van der Waals surface area contributed by atoms with E-state index in [1.807, 2.05) is 0 Å². The van der Waals surface area contributed by atoms with E-state index >= 15 is 0 Å². The fourth-order valence-corrected chi connectivity index (χ4v) is 2.96. The van der Waals surface area contributed by atoms with Crippen LogP contribution in [0.1, 0.15) is 6.42 Å². The lowest BCUT2D eigenvalue weighted by atomic mass is 9.99. The molecule has 0 heterocycles. The van der Waals surface area contributed by atoms with Gasteiger partial charge in [0, 0.05) is 20.7 Å². The molecule has 20 heavy (non-hydrogen) atoms. The van der Waals surface area contributed by atoms with Crippen LogP contribution in [0.15, 0.2) is 22.1 Å². The minimum atomic E-state index is -4.11. The van der Waals surface area contributed by atoms with Gasteiger partial charge in [-0.25, -0.2) is 8.42 Å². The molecule has 9 heteroatoms. The number of rotatable bonds is 6. The molecular weight excluding hydrogens is 308 g/mol. The summed E-state index contributed by atoms with van der Waals surface area (Å²) in [5.74, 6) is -0.884. The van der Waals surface area contributed by atoms with Gasteiger partial charge in [0.05, 0.1) is 22.5 Å². The Morgan fingerprint density at radius 3 is 2.85 bits per heavy atom. The molecule has 0 spiro atoms. The van der Waals surface area contributed by atoms with Crippen molar-refractivity contribution in [3.63, 3.8) is 0 Å². The van der Waals surface area contributed by atoms with Crippen molar-refractivity contribution >= 4 is 27.5 Å². The first kappa shape index (κ1) is 17.1. The molecule has 0 fully saturated rings. The van der Waals surface area contributed by atoms with Crippen molar-refractivity contribution in [1.82, 2.24) is 9.79 Å². The standard InChI is InChI=1S/C11H17ClN2O5S/c1-14(5-6-19-2)11(15)8-3-4-9(12)10(7-8)20(17,18)13-16/h4,7-8,13,16H,3,5-6H2,1-2H3. The van der Waals surface area contributed by atoms with Crippen LogP contribution in [-0.4, -0.2) is 51.7 Å². The van der Waals surface area contributed by atoms with Gasteiger partial charge in [-0.3, -0.25) is 4.79 Å². The van der Waals surface area contributed by atoms with Gasteiger partial charge < -0.3 is 14.8 Å². The van der Waals surface area contributed by atoms with Gasteiger partial charge in [-0.1, -0.05) is 28.6 Å². The number of nitrogens with one attached hydrogen (secondary N) is 1. The van der Waals surface area contributed by atoms with E-state index in [2.05, 4.69) is 0 Å². The summed E-state index contributed by atoms with van der Waals surface area (Å²) in [5.41, 5.74) is 0. The zero-order chi connectivity index (χ0) is 15.3. The van der Waals surface area contributed by atoms with Crippen LogP contribution in [0, 0.1) is 5.92 Å². The lowest BCUT2D eigenvalue weighted by Gasteiger charge is -2.23. The SMILES string of the molecule is COCCN(C)C(=O)C1C=C(S(=O)(=O)NO)C(Cl)=CC1. The molecule has 0 saturated carbocycles. The van der Waals surface area contributed by atoms with Crippen molar-refractivity contribution in [3.8, 4) is 0 Å². The second-order valence-corrected chi connectivity index (χ2v) is 6.31. The third-order valence-electron chi connectivity index (χ3n) is 2.87. The van der Waals surface area contributed by atoms with E-state index in [-0.39, 0.29) is 15.8 Å². The maximum absolute atomic E-state index is 12.1. The number of hydrogen-bond donors (Lipinski definition) is 2. The third kappa shape index (κ3) is 4.03. The number of nitrogens with zero attached hydrogens (tertiary/aromatic N) is 1. The summed E-state index contributed by atoms with van der Waals surface area (Å²) >= 11 is 5.80. The predicted octanol–water partition coefficient (Wildman–Crippen LogP) is 0.426. The molecule has 7 nitrogen and oxygen atoms in total. The summed E-state index contributed by atoms with van der Waals surface area (Å²) in [5, 5.41) is 8.62. The smallest absolute Gasteiger partial charge is 0.263 e. The maximum Gasteiger partial charge on any atom is 0.263 e. The second kappa shape index (κ2) is 7.19. The molecular formula is C11H17ClN2O5S. The summed E-state index contributed by atoms with van der Waals surface area (Å²) in [6.45, 7) is 0.788. The van der Waals surface area contributed by atoms with Gasteiger partial charge in [0.15, 0.2) is 0 Å². The average molecular weight is 325 g/mol. The Bertz CT molecular complexity index is 529. The van der Waals surface area contributed by atoms with E-state index in [1.54, 1.807) is 7.05 Å². The van der Waals surface area contributed by atoms with Gasteiger partial charge >= 0.3 is 0 Å². The Morgan fingerprint density at radius 2 is 2.30 bits per heavy atom. The highest BCUT2D eigenvalue weighted by molar-refractivity contribution is 7.93. The van der Waals surface area contributed by atoms with Crippen LogP contribution in [0.25, 0.3) is 0 Å². The summed E-state index contributed by atoms with van der Waals surface area (Å²) in [6, 6.07) is 0. The lowest BCUT2D eigenvalue weighted by molar-refractivity contribution is -0.133. The molecule has 1 aliphatic rings. The van der Waals surface area contributed by atoms with Crippen molar-refractivity contribution in [2.75, 3.05) is 27.3 Å². The Morgan fingerprint density at radius 1 is 1.65 bits per heavy atom. The quantitative estimate of drug-likeness (QED) is 0.691. The van der Waals surface area contributed by atoms with E-state index in [9.17, 15) is 13.2 Å². The van der Waals surface area contributed by atoms with Gasteiger partial charge in [0.25, 0.3) is 10.0 Å². The number of carbonyl (C=O) groups excluding carboxylic acids is 1. The van der Waals surface area contributed by atoms with Crippen LogP contribution >= 0.6 is 11.6 Å². The molecule has 0 radical (unpaired) electrons. The monoisotopic (exact) mass is 324 g/mol. The van der Waals surface area contributed by atoms with Crippen LogP contribution in [0.5, 0.6) is 0 Å². The number of methoxy groups -OCH3 is 1. The Labute approximate surface area is 122 Å². The number of ether oxygens (including phenoxy) is 1. The first-order chi connectivity index (χ1) is 9.33. The average Bonchev–Trinajstić information content (AvgIpc) is 2.44. The van der Waals surface area contributed by atoms with Crippen LogP contribution in [-0.2, 0) is 19.6 Å². The molecule has 0 saturated heterocycles. The normalized spacial score (nSPS) is 19.3. The topological polar surface area (TPSA) is 95.9 Å². The highest BCUT2D eigenvalue weighted by atomic mass is 35.5.